The SMILES string of the molecule is Nc1cccc(OCC(O)CN2CCN(c3ccc(Cl)cc3)CC2)c1. The van der Waals surface area contributed by atoms with E-state index in [-0.39, 0.29) is 6.61 Å². The van der Waals surface area contributed by atoms with Crippen LogP contribution in [0.3, 0.4) is 0 Å². The van der Waals surface area contributed by atoms with Crippen LogP contribution in [0, 0.1) is 0 Å². The van der Waals surface area contributed by atoms with Crippen LogP contribution in [0.15, 0.2) is 48.5 Å². The number of halogens is 1. The Labute approximate surface area is 153 Å². The van der Waals surface area contributed by atoms with Gasteiger partial charge in [-0.15, -0.1) is 0 Å². The van der Waals surface area contributed by atoms with Crippen molar-refractivity contribution < 1.29 is 9.84 Å². The van der Waals surface area contributed by atoms with Gasteiger partial charge >= 0.3 is 0 Å². The predicted molar refractivity (Wildman–Crippen MR) is 102 cm³/mol. The van der Waals surface area contributed by atoms with Crippen LogP contribution in [0.1, 0.15) is 0 Å². The van der Waals surface area contributed by atoms with E-state index in [2.05, 4.69) is 9.80 Å². The highest BCUT2D eigenvalue weighted by Gasteiger charge is 2.19. The van der Waals surface area contributed by atoms with E-state index in [4.69, 9.17) is 22.1 Å². The number of rotatable bonds is 6. The maximum Gasteiger partial charge on any atom is 0.121 e. The van der Waals surface area contributed by atoms with Crippen LogP contribution >= 0.6 is 11.6 Å². The lowest BCUT2D eigenvalue weighted by atomic mass is 10.2. The molecular weight excluding hydrogens is 338 g/mol. The number of nitrogens with two attached hydrogens (primary N) is 1. The molecule has 0 aromatic heterocycles. The molecular formula is C19H24ClN3O2. The van der Waals surface area contributed by atoms with E-state index in [1.165, 1.54) is 5.69 Å². The molecule has 0 spiro atoms. The fourth-order valence-corrected chi connectivity index (χ4v) is 3.11. The van der Waals surface area contributed by atoms with Gasteiger partial charge in [0.1, 0.15) is 18.5 Å². The molecule has 6 heteroatoms. The lowest BCUT2D eigenvalue weighted by Crippen LogP contribution is -2.49. The molecule has 0 amide bonds. The molecule has 25 heavy (non-hydrogen) atoms. The number of hydrogen-bond acceptors (Lipinski definition) is 5. The van der Waals surface area contributed by atoms with Crippen molar-refractivity contribution in [3.63, 3.8) is 0 Å². The second kappa shape index (κ2) is 8.43. The third-order valence-corrected chi connectivity index (χ3v) is 4.59. The molecule has 1 atom stereocenters. The average molecular weight is 362 g/mol. The number of anilines is 2. The molecule has 1 fully saturated rings. The molecule has 1 unspecified atom stereocenters. The van der Waals surface area contributed by atoms with Gasteiger partial charge in [-0.05, 0) is 36.4 Å². The number of nitrogen functional groups attached to an aromatic ring is 1. The van der Waals surface area contributed by atoms with Crippen molar-refractivity contribution in [2.75, 3.05) is 50.0 Å². The third-order valence-electron chi connectivity index (χ3n) is 4.33. The number of ether oxygens (including phenoxy) is 1. The Hall–Kier alpha value is -1.95. The first-order valence-corrected chi connectivity index (χ1v) is 8.87. The number of hydrogen-bond donors (Lipinski definition) is 2. The first-order chi connectivity index (χ1) is 12.1. The highest BCUT2D eigenvalue weighted by Crippen LogP contribution is 2.19. The van der Waals surface area contributed by atoms with Gasteiger partial charge in [0.2, 0.25) is 0 Å². The minimum atomic E-state index is -0.525. The van der Waals surface area contributed by atoms with Gasteiger partial charge in [-0.1, -0.05) is 17.7 Å². The highest BCUT2D eigenvalue weighted by atomic mass is 35.5. The molecule has 0 radical (unpaired) electrons. The summed E-state index contributed by atoms with van der Waals surface area (Å²) in [5.41, 5.74) is 7.57. The number of piperazine rings is 1. The van der Waals surface area contributed by atoms with Crippen LogP contribution in [-0.4, -0.2) is 55.4 Å². The highest BCUT2D eigenvalue weighted by molar-refractivity contribution is 6.30. The van der Waals surface area contributed by atoms with E-state index in [1.54, 1.807) is 6.07 Å². The van der Waals surface area contributed by atoms with Gasteiger partial charge in [0.15, 0.2) is 0 Å². The summed E-state index contributed by atoms with van der Waals surface area (Å²) in [5.74, 6) is 0.687. The molecule has 1 aliphatic rings. The van der Waals surface area contributed by atoms with Crippen molar-refractivity contribution in [1.82, 2.24) is 4.90 Å². The summed E-state index contributed by atoms with van der Waals surface area (Å²) < 4.78 is 5.61. The van der Waals surface area contributed by atoms with E-state index < -0.39 is 6.10 Å². The topological polar surface area (TPSA) is 62.0 Å². The zero-order valence-corrected chi connectivity index (χ0v) is 14.9. The lowest BCUT2D eigenvalue weighted by molar-refractivity contribution is 0.0663. The predicted octanol–water partition coefficient (Wildman–Crippen LogP) is 2.48. The summed E-state index contributed by atoms with van der Waals surface area (Å²) in [7, 11) is 0. The summed E-state index contributed by atoms with van der Waals surface area (Å²) in [6.07, 6.45) is -0.525. The van der Waals surface area contributed by atoms with Crippen molar-refractivity contribution in [3.8, 4) is 5.75 Å². The summed E-state index contributed by atoms with van der Waals surface area (Å²) in [6, 6.07) is 15.2. The summed E-state index contributed by atoms with van der Waals surface area (Å²) in [5, 5.41) is 11.0. The number of β-amino-alcohol motifs (C(OH)–C–C–N with tert-alkyl or cyclic N) is 1. The normalized spacial score (nSPS) is 16.6. The average Bonchev–Trinajstić information content (AvgIpc) is 2.62. The number of benzene rings is 2. The molecule has 0 aliphatic carbocycles. The number of aliphatic hydroxyl groups is 1. The van der Waals surface area contributed by atoms with Gasteiger partial charge in [-0.2, -0.15) is 0 Å². The van der Waals surface area contributed by atoms with Gasteiger partial charge in [0, 0.05) is 55.2 Å². The zero-order valence-electron chi connectivity index (χ0n) is 14.1. The van der Waals surface area contributed by atoms with Crippen LogP contribution in [-0.2, 0) is 0 Å². The number of aliphatic hydroxyl groups excluding tert-OH is 1. The zero-order chi connectivity index (χ0) is 17.6. The van der Waals surface area contributed by atoms with Gasteiger partial charge < -0.3 is 20.5 Å². The molecule has 1 aliphatic heterocycles. The number of nitrogens with zero attached hydrogens (tertiary/aromatic N) is 2. The largest absolute Gasteiger partial charge is 0.491 e. The van der Waals surface area contributed by atoms with E-state index in [9.17, 15) is 5.11 Å². The first-order valence-electron chi connectivity index (χ1n) is 8.49. The van der Waals surface area contributed by atoms with Crippen molar-refractivity contribution in [2.24, 2.45) is 0 Å². The molecule has 3 N–H and O–H groups in total. The molecule has 3 rings (SSSR count). The first kappa shape index (κ1) is 17.9. The van der Waals surface area contributed by atoms with E-state index in [0.717, 1.165) is 31.2 Å². The van der Waals surface area contributed by atoms with Crippen LogP contribution in [0.2, 0.25) is 5.02 Å². The van der Waals surface area contributed by atoms with Crippen molar-refractivity contribution >= 4 is 23.0 Å². The van der Waals surface area contributed by atoms with E-state index in [1.807, 2.05) is 42.5 Å². The second-order valence-electron chi connectivity index (χ2n) is 6.30. The minimum Gasteiger partial charge on any atom is -0.491 e. The molecule has 0 saturated carbocycles. The van der Waals surface area contributed by atoms with Gasteiger partial charge in [0.05, 0.1) is 0 Å². The molecule has 1 saturated heterocycles. The Morgan fingerprint density at radius 2 is 1.80 bits per heavy atom. The Balaban J connectivity index is 1.41. The van der Waals surface area contributed by atoms with Gasteiger partial charge in [-0.3, -0.25) is 4.90 Å². The van der Waals surface area contributed by atoms with Gasteiger partial charge in [-0.25, -0.2) is 0 Å². The maximum atomic E-state index is 10.2. The molecule has 134 valence electrons. The monoisotopic (exact) mass is 361 g/mol. The second-order valence-corrected chi connectivity index (χ2v) is 6.74. The van der Waals surface area contributed by atoms with Crippen LogP contribution < -0.4 is 15.4 Å². The Kier molecular flexibility index (Phi) is 6.02. The summed E-state index contributed by atoms with van der Waals surface area (Å²) >= 11 is 5.94. The Morgan fingerprint density at radius 1 is 1.08 bits per heavy atom. The summed E-state index contributed by atoms with van der Waals surface area (Å²) in [6.45, 7) is 4.57. The Bertz CT molecular complexity index is 673. The van der Waals surface area contributed by atoms with Crippen LogP contribution in [0.4, 0.5) is 11.4 Å². The molecule has 2 aromatic carbocycles. The van der Waals surface area contributed by atoms with Gasteiger partial charge in [0.25, 0.3) is 0 Å². The standard InChI is InChI=1S/C19H24ClN3O2/c20-15-4-6-17(7-5-15)23-10-8-22(9-11-23)13-18(24)14-25-19-3-1-2-16(21)12-19/h1-7,12,18,24H,8-11,13-14,21H2. The maximum absolute atomic E-state index is 10.2. The Morgan fingerprint density at radius 3 is 2.48 bits per heavy atom. The quantitative estimate of drug-likeness (QED) is 0.774. The third kappa shape index (κ3) is 5.26. The van der Waals surface area contributed by atoms with Crippen molar-refractivity contribution in [1.29, 1.82) is 0 Å². The van der Waals surface area contributed by atoms with Crippen molar-refractivity contribution in [3.05, 3.63) is 53.6 Å². The van der Waals surface area contributed by atoms with Crippen LogP contribution in [0.25, 0.3) is 0 Å². The van der Waals surface area contributed by atoms with Crippen LogP contribution in [0.5, 0.6) is 5.75 Å². The van der Waals surface area contributed by atoms with E-state index >= 15 is 0 Å². The smallest absolute Gasteiger partial charge is 0.121 e. The summed E-state index contributed by atoms with van der Waals surface area (Å²) in [4.78, 5) is 4.60. The lowest BCUT2D eigenvalue weighted by Gasteiger charge is -2.36. The van der Waals surface area contributed by atoms with Crippen molar-refractivity contribution in [2.45, 2.75) is 6.10 Å². The van der Waals surface area contributed by atoms with E-state index in [0.29, 0.717) is 18.0 Å². The molecule has 2 aromatic rings. The fourth-order valence-electron chi connectivity index (χ4n) is 2.99. The molecule has 0 bridgehead atoms. The molecule has 5 nitrogen and oxygen atoms in total. The fraction of sp³-hybridized carbons (Fsp3) is 0.368. The minimum absolute atomic E-state index is 0.265. The molecule has 1 heterocycles.